The number of thioether (sulfide) groups is 1. The van der Waals surface area contributed by atoms with Gasteiger partial charge in [-0.3, -0.25) is 14.4 Å². The van der Waals surface area contributed by atoms with Crippen molar-refractivity contribution in [2.45, 2.75) is 49.7 Å². The molecule has 10 heteroatoms. The molecule has 2 atom stereocenters. The van der Waals surface area contributed by atoms with Crippen LogP contribution in [-0.2, 0) is 22.4 Å². The summed E-state index contributed by atoms with van der Waals surface area (Å²) in [7, 11) is 1.58. The van der Waals surface area contributed by atoms with E-state index in [-0.39, 0.29) is 11.6 Å². The third kappa shape index (κ3) is 8.50. The Balaban J connectivity index is 1.30. The van der Waals surface area contributed by atoms with E-state index in [2.05, 4.69) is 28.9 Å². The molecule has 3 N–H and O–H groups in total. The first-order valence-corrected chi connectivity index (χ1v) is 17.1. The zero-order valence-electron chi connectivity index (χ0n) is 26.5. The van der Waals surface area contributed by atoms with Crippen LogP contribution in [0.15, 0.2) is 89.5 Å². The predicted molar refractivity (Wildman–Crippen MR) is 189 cm³/mol. The Labute approximate surface area is 283 Å². The summed E-state index contributed by atoms with van der Waals surface area (Å²) in [5, 5.41) is 18.8. The zero-order chi connectivity index (χ0) is 33.3. The molecular formula is C37H36N4O4S2. The SMILES string of the molecule is CCC(Sc1cccc(NC(=O)/C(=C\c2ccc(OC)cc2)NC(=O)c2ccccc2)c1)C(=O)Nc1sc2c(c1C#N)CCC(C)C2. The van der Waals surface area contributed by atoms with Crippen LogP contribution in [0.25, 0.3) is 6.08 Å². The first-order valence-electron chi connectivity index (χ1n) is 15.4. The molecule has 47 heavy (non-hydrogen) atoms. The van der Waals surface area contributed by atoms with Crippen molar-refractivity contribution < 1.29 is 19.1 Å². The van der Waals surface area contributed by atoms with Crippen LogP contribution in [0.5, 0.6) is 5.75 Å². The Hall–Kier alpha value is -4.85. The lowest BCUT2D eigenvalue weighted by molar-refractivity contribution is -0.116. The van der Waals surface area contributed by atoms with Crippen LogP contribution in [0, 0.1) is 17.2 Å². The average molecular weight is 665 g/mol. The first kappa shape index (κ1) is 33.5. The quantitative estimate of drug-likeness (QED) is 0.112. The van der Waals surface area contributed by atoms with E-state index in [1.165, 1.54) is 28.0 Å². The fourth-order valence-corrected chi connectivity index (χ4v) is 7.67. The fourth-order valence-electron chi connectivity index (χ4n) is 5.29. The van der Waals surface area contributed by atoms with Gasteiger partial charge in [0.1, 0.15) is 22.5 Å². The summed E-state index contributed by atoms with van der Waals surface area (Å²) in [6.45, 7) is 4.16. The molecule has 0 radical (unpaired) electrons. The van der Waals surface area contributed by atoms with Gasteiger partial charge < -0.3 is 20.7 Å². The van der Waals surface area contributed by atoms with Crippen molar-refractivity contribution >= 4 is 57.6 Å². The number of ether oxygens (including phenoxy) is 1. The Morgan fingerprint density at radius 2 is 1.83 bits per heavy atom. The Bertz CT molecular complexity index is 1830. The lowest BCUT2D eigenvalue weighted by atomic mass is 9.88. The number of anilines is 2. The van der Waals surface area contributed by atoms with Crippen molar-refractivity contribution in [2.75, 3.05) is 17.7 Å². The third-order valence-corrected chi connectivity index (χ3v) is 10.4. The summed E-state index contributed by atoms with van der Waals surface area (Å²) in [6, 6.07) is 25.4. The summed E-state index contributed by atoms with van der Waals surface area (Å²) >= 11 is 2.91. The van der Waals surface area contributed by atoms with Crippen molar-refractivity contribution in [3.63, 3.8) is 0 Å². The molecule has 0 saturated carbocycles. The van der Waals surface area contributed by atoms with Crippen molar-refractivity contribution in [1.29, 1.82) is 5.26 Å². The van der Waals surface area contributed by atoms with Gasteiger partial charge >= 0.3 is 0 Å². The van der Waals surface area contributed by atoms with E-state index in [0.29, 0.717) is 45.5 Å². The molecule has 0 saturated heterocycles. The van der Waals surface area contributed by atoms with E-state index in [4.69, 9.17) is 4.74 Å². The van der Waals surface area contributed by atoms with Crippen molar-refractivity contribution in [2.24, 2.45) is 5.92 Å². The molecule has 1 aromatic heterocycles. The van der Waals surface area contributed by atoms with Gasteiger partial charge in [0.25, 0.3) is 11.8 Å². The van der Waals surface area contributed by atoms with Crippen molar-refractivity contribution in [3.8, 4) is 11.8 Å². The molecule has 0 fully saturated rings. The smallest absolute Gasteiger partial charge is 0.272 e. The summed E-state index contributed by atoms with van der Waals surface area (Å²) in [4.78, 5) is 42.0. The van der Waals surface area contributed by atoms with Crippen molar-refractivity contribution in [3.05, 3.63) is 112 Å². The number of thiophene rings is 1. The topological polar surface area (TPSA) is 120 Å². The van der Waals surface area contributed by atoms with Crippen LogP contribution < -0.4 is 20.7 Å². The van der Waals surface area contributed by atoms with Gasteiger partial charge in [0, 0.05) is 21.0 Å². The maximum atomic E-state index is 13.6. The van der Waals surface area contributed by atoms with Gasteiger partial charge in [0.15, 0.2) is 0 Å². The van der Waals surface area contributed by atoms with Gasteiger partial charge in [-0.25, -0.2) is 0 Å². The molecule has 3 amide bonds. The molecule has 0 aliphatic heterocycles. The maximum Gasteiger partial charge on any atom is 0.272 e. The number of carbonyl (C=O) groups excluding carboxylic acids is 3. The van der Waals surface area contributed by atoms with Crippen LogP contribution in [-0.4, -0.2) is 30.1 Å². The number of rotatable bonds is 11. The maximum absolute atomic E-state index is 13.6. The molecule has 5 rings (SSSR count). The van der Waals surface area contributed by atoms with Crippen LogP contribution in [0.2, 0.25) is 0 Å². The highest BCUT2D eigenvalue weighted by atomic mass is 32.2. The van der Waals surface area contributed by atoms with E-state index >= 15 is 0 Å². The fraction of sp³-hybridized carbons (Fsp3) is 0.243. The molecule has 3 aromatic carbocycles. The third-order valence-electron chi connectivity index (χ3n) is 7.85. The molecule has 0 bridgehead atoms. The van der Waals surface area contributed by atoms with E-state index in [9.17, 15) is 19.6 Å². The molecule has 0 spiro atoms. The summed E-state index contributed by atoms with van der Waals surface area (Å²) in [6.07, 6.45) is 5.01. The zero-order valence-corrected chi connectivity index (χ0v) is 28.1. The first-order chi connectivity index (χ1) is 22.8. The number of fused-ring (bicyclic) bond motifs is 1. The Morgan fingerprint density at radius 1 is 1.06 bits per heavy atom. The highest BCUT2D eigenvalue weighted by Gasteiger charge is 2.27. The number of nitriles is 1. The van der Waals surface area contributed by atoms with Crippen LogP contribution in [0.4, 0.5) is 10.7 Å². The Kier molecular flexibility index (Phi) is 11.1. The van der Waals surface area contributed by atoms with Crippen molar-refractivity contribution in [1.82, 2.24) is 5.32 Å². The van der Waals surface area contributed by atoms with E-state index in [1.54, 1.807) is 79.9 Å². The normalized spacial score (nSPS) is 14.7. The molecule has 1 aliphatic rings. The second-order valence-electron chi connectivity index (χ2n) is 11.3. The molecule has 4 aromatic rings. The van der Waals surface area contributed by atoms with E-state index < -0.39 is 17.1 Å². The number of hydrogen-bond donors (Lipinski definition) is 3. The molecule has 1 aliphatic carbocycles. The van der Waals surface area contributed by atoms with Crippen LogP contribution >= 0.6 is 23.1 Å². The molecule has 2 unspecified atom stereocenters. The van der Waals surface area contributed by atoms with E-state index in [0.717, 1.165) is 29.7 Å². The second kappa shape index (κ2) is 15.6. The summed E-state index contributed by atoms with van der Waals surface area (Å²) in [5.74, 6) is 0.157. The Morgan fingerprint density at radius 3 is 2.53 bits per heavy atom. The largest absolute Gasteiger partial charge is 0.497 e. The predicted octanol–water partition coefficient (Wildman–Crippen LogP) is 7.67. The number of amides is 3. The molecular weight excluding hydrogens is 629 g/mol. The minimum absolute atomic E-state index is 0.0641. The standard InChI is InChI=1S/C37H36N4O4S2/c1-4-32(36(44)41-37-30(22-38)29-18-13-23(2)19-33(29)47-37)46-28-12-8-11-26(21-28)39-35(43)31(20-24-14-16-27(45-3)17-15-24)40-34(42)25-9-6-5-7-10-25/h5-12,14-17,20-21,23,32H,4,13,18-19H2,1-3H3,(H,39,43)(H,40,42)(H,41,44)/b31-20+. The van der Waals surface area contributed by atoms with Gasteiger partial charge in [0.05, 0.1) is 17.9 Å². The average Bonchev–Trinajstić information content (AvgIpc) is 3.43. The van der Waals surface area contributed by atoms with Gasteiger partial charge in [-0.2, -0.15) is 5.26 Å². The minimum atomic E-state index is -0.503. The number of hydrogen-bond acceptors (Lipinski definition) is 7. The molecule has 1 heterocycles. The highest BCUT2D eigenvalue weighted by Crippen LogP contribution is 2.40. The number of benzene rings is 3. The monoisotopic (exact) mass is 664 g/mol. The highest BCUT2D eigenvalue weighted by molar-refractivity contribution is 8.00. The number of nitrogens with one attached hydrogen (secondary N) is 3. The van der Waals surface area contributed by atoms with Gasteiger partial charge in [-0.15, -0.1) is 23.1 Å². The lowest BCUT2D eigenvalue weighted by Gasteiger charge is -2.17. The molecule has 240 valence electrons. The molecule has 8 nitrogen and oxygen atoms in total. The summed E-state index contributed by atoms with van der Waals surface area (Å²) in [5.41, 5.74) is 3.36. The minimum Gasteiger partial charge on any atom is -0.497 e. The summed E-state index contributed by atoms with van der Waals surface area (Å²) < 4.78 is 5.24. The van der Waals surface area contributed by atoms with Crippen LogP contribution in [0.3, 0.4) is 0 Å². The number of methoxy groups -OCH3 is 1. The second-order valence-corrected chi connectivity index (χ2v) is 13.7. The van der Waals surface area contributed by atoms with Gasteiger partial charge in [-0.1, -0.05) is 50.2 Å². The van der Waals surface area contributed by atoms with Gasteiger partial charge in [0.2, 0.25) is 5.91 Å². The van der Waals surface area contributed by atoms with Gasteiger partial charge in [-0.05, 0) is 91.3 Å². The van der Waals surface area contributed by atoms with Crippen LogP contribution in [0.1, 0.15) is 58.6 Å². The van der Waals surface area contributed by atoms with E-state index in [1.807, 2.05) is 19.1 Å². The number of nitrogens with zero attached hydrogens (tertiary/aromatic N) is 1. The lowest BCUT2D eigenvalue weighted by Crippen LogP contribution is -2.30. The number of carbonyl (C=O) groups is 3.